The molecular weight excluding hydrogens is 342 g/mol. The molecule has 0 unspecified atom stereocenters. The van der Waals surface area contributed by atoms with Gasteiger partial charge in [-0.3, -0.25) is 0 Å². The van der Waals surface area contributed by atoms with Gasteiger partial charge in [-0.2, -0.15) is 0 Å². The number of benzene rings is 1. The van der Waals surface area contributed by atoms with Crippen LogP contribution in [-0.2, 0) is 14.6 Å². The van der Waals surface area contributed by atoms with Crippen LogP contribution >= 0.6 is 23.8 Å². The van der Waals surface area contributed by atoms with Crippen molar-refractivity contribution in [2.75, 3.05) is 19.0 Å². The van der Waals surface area contributed by atoms with E-state index in [1.165, 1.54) is 0 Å². The maximum atomic E-state index is 12.5. The molecule has 0 spiro atoms. The Bertz CT molecular complexity index is 660. The summed E-state index contributed by atoms with van der Waals surface area (Å²) in [5, 5.41) is -0.0275. The standard InChI is InChI=1S/C15H20ClNO3S2/c1-3-20-9-15(14(17)21)12(13(15)22(18,19)4-2)10-5-7-11(16)8-6-10/h5-8,12-13H,3-4,9H2,1-2H3,(H2,17,21)/t12-,13+,15-/m1/s1. The first-order valence-corrected chi connectivity index (χ1v) is 9.66. The second-order valence-corrected chi connectivity index (χ2v) is 8.73. The first-order chi connectivity index (χ1) is 10.3. The van der Waals surface area contributed by atoms with Gasteiger partial charge in [0.2, 0.25) is 0 Å². The van der Waals surface area contributed by atoms with E-state index in [1.807, 2.05) is 19.1 Å². The van der Waals surface area contributed by atoms with Crippen LogP contribution < -0.4 is 5.73 Å². The Labute approximate surface area is 141 Å². The van der Waals surface area contributed by atoms with Gasteiger partial charge >= 0.3 is 0 Å². The zero-order valence-electron chi connectivity index (χ0n) is 12.6. The molecule has 0 saturated heterocycles. The molecule has 22 heavy (non-hydrogen) atoms. The van der Waals surface area contributed by atoms with Gasteiger partial charge in [-0.05, 0) is 24.6 Å². The van der Waals surface area contributed by atoms with Gasteiger partial charge in [0, 0.05) is 23.3 Å². The minimum absolute atomic E-state index is 0.0538. The summed E-state index contributed by atoms with van der Waals surface area (Å²) < 4.78 is 30.5. The third-order valence-electron chi connectivity index (χ3n) is 4.28. The lowest BCUT2D eigenvalue weighted by Gasteiger charge is -2.16. The molecule has 0 heterocycles. The van der Waals surface area contributed by atoms with E-state index in [-0.39, 0.29) is 23.3 Å². The molecule has 1 aromatic carbocycles. The van der Waals surface area contributed by atoms with Gasteiger partial charge in [0.15, 0.2) is 9.84 Å². The largest absolute Gasteiger partial charge is 0.393 e. The first-order valence-electron chi connectivity index (χ1n) is 7.16. The van der Waals surface area contributed by atoms with Gasteiger partial charge in [0.1, 0.15) is 0 Å². The number of sulfone groups is 1. The Hall–Kier alpha value is -0.690. The van der Waals surface area contributed by atoms with Crippen molar-refractivity contribution in [1.82, 2.24) is 0 Å². The average Bonchev–Trinajstić information content (AvgIpc) is 3.17. The summed E-state index contributed by atoms with van der Waals surface area (Å²) in [5.41, 5.74) is 5.98. The lowest BCUT2D eigenvalue weighted by molar-refractivity contribution is 0.121. The summed E-state index contributed by atoms with van der Waals surface area (Å²) in [6.45, 7) is 4.19. The van der Waals surface area contributed by atoms with Crippen molar-refractivity contribution < 1.29 is 13.2 Å². The number of hydrogen-bond donors (Lipinski definition) is 1. The van der Waals surface area contributed by atoms with Crippen LogP contribution in [0.3, 0.4) is 0 Å². The molecule has 0 bridgehead atoms. The summed E-state index contributed by atoms with van der Waals surface area (Å²) in [4.78, 5) is 0.197. The normalized spacial score (nSPS) is 27.6. The van der Waals surface area contributed by atoms with Gasteiger partial charge in [-0.1, -0.05) is 42.9 Å². The zero-order chi connectivity index (χ0) is 16.5. The van der Waals surface area contributed by atoms with Crippen molar-refractivity contribution in [2.45, 2.75) is 25.0 Å². The van der Waals surface area contributed by atoms with Crippen molar-refractivity contribution in [3.63, 3.8) is 0 Å². The maximum Gasteiger partial charge on any atom is 0.154 e. The molecule has 1 aliphatic carbocycles. The predicted octanol–water partition coefficient (Wildman–Crippen LogP) is 2.55. The molecule has 2 rings (SSSR count). The van der Waals surface area contributed by atoms with E-state index in [2.05, 4.69) is 0 Å². The Morgan fingerprint density at radius 1 is 1.36 bits per heavy atom. The molecule has 0 aromatic heterocycles. The highest BCUT2D eigenvalue weighted by atomic mass is 35.5. The molecule has 4 nitrogen and oxygen atoms in total. The lowest BCUT2D eigenvalue weighted by atomic mass is 10.00. The SMILES string of the molecule is CCOC[C@@]1(C(N)=S)[C@H](c2ccc(Cl)cc2)[C@@H]1S(=O)(=O)CC. The van der Waals surface area contributed by atoms with Crippen LogP contribution in [0.5, 0.6) is 0 Å². The molecule has 1 saturated carbocycles. The molecule has 2 N–H and O–H groups in total. The Balaban J connectivity index is 2.48. The third-order valence-corrected chi connectivity index (χ3v) is 7.18. The molecule has 122 valence electrons. The highest BCUT2D eigenvalue weighted by Crippen LogP contribution is 2.63. The van der Waals surface area contributed by atoms with Crippen LogP contribution in [0.25, 0.3) is 0 Å². The lowest BCUT2D eigenvalue weighted by Crippen LogP contribution is -2.34. The fourth-order valence-electron chi connectivity index (χ4n) is 3.06. The quantitative estimate of drug-likeness (QED) is 0.756. The van der Waals surface area contributed by atoms with Crippen LogP contribution in [0.1, 0.15) is 25.3 Å². The summed E-state index contributed by atoms with van der Waals surface area (Å²) in [6.07, 6.45) is 0. The van der Waals surface area contributed by atoms with Gasteiger partial charge < -0.3 is 10.5 Å². The molecule has 1 aromatic rings. The van der Waals surface area contributed by atoms with Crippen molar-refractivity contribution >= 4 is 38.6 Å². The molecule has 1 fully saturated rings. The van der Waals surface area contributed by atoms with Crippen LogP contribution in [-0.4, -0.2) is 37.6 Å². The molecule has 1 aliphatic rings. The molecule has 0 amide bonds. The molecule has 0 radical (unpaired) electrons. The van der Waals surface area contributed by atoms with Crippen LogP contribution in [0.15, 0.2) is 24.3 Å². The van der Waals surface area contributed by atoms with E-state index >= 15 is 0 Å². The molecular formula is C15H20ClNO3S2. The highest BCUT2D eigenvalue weighted by Gasteiger charge is 2.72. The van der Waals surface area contributed by atoms with Crippen LogP contribution in [0, 0.1) is 5.41 Å². The maximum absolute atomic E-state index is 12.5. The average molecular weight is 362 g/mol. The van der Waals surface area contributed by atoms with Gasteiger partial charge in [-0.15, -0.1) is 0 Å². The third kappa shape index (κ3) is 2.89. The van der Waals surface area contributed by atoms with E-state index in [0.717, 1.165) is 5.56 Å². The first kappa shape index (κ1) is 17.7. The predicted molar refractivity (Wildman–Crippen MR) is 93.2 cm³/mol. The van der Waals surface area contributed by atoms with E-state index < -0.39 is 20.5 Å². The van der Waals surface area contributed by atoms with Gasteiger partial charge in [0.05, 0.1) is 22.3 Å². The van der Waals surface area contributed by atoms with Crippen LogP contribution in [0.4, 0.5) is 0 Å². The Morgan fingerprint density at radius 2 is 1.95 bits per heavy atom. The number of thiocarbonyl (C=S) groups is 1. The Morgan fingerprint density at radius 3 is 2.41 bits per heavy atom. The van der Waals surface area contributed by atoms with E-state index in [1.54, 1.807) is 19.1 Å². The van der Waals surface area contributed by atoms with Gasteiger partial charge in [-0.25, -0.2) is 8.42 Å². The van der Waals surface area contributed by atoms with Crippen molar-refractivity contribution in [3.8, 4) is 0 Å². The summed E-state index contributed by atoms with van der Waals surface area (Å²) in [7, 11) is -3.30. The second-order valence-electron chi connectivity index (χ2n) is 5.44. The van der Waals surface area contributed by atoms with E-state index in [0.29, 0.717) is 11.6 Å². The number of ether oxygens (including phenoxy) is 1. The van der Waals surface area contributed by atoms with Gasteiger partial charge in [0.25, 0.3) is 0 Å². The molecule has 3 atom stereocenters. The minimum Gasteiger partial charge on any atom is -0.393 e. The second kappa shape index (κ2) is 6.43. The Kier molecular flexibility index (Phi) is 5.16. The summed E-state index contributed by atoms with van der Waals surface area (Å²) in [5.74, 6) is -0.225. The summed E-state index contributed by atoms with van der Waals surface area (Å²) >= 11 is 11.1. The van der Waals surface area contributed by atoms with Crippen molar-refractivity contribution in [3.05, 3.63) is 34.9 Å². The van der Waals surface area contributed by atoms with Crippen LogP contribution in [0.2, 0.25) is 5.02 Å². The number of hydrogen-bond acceptors (Lipinski definition) is 4. The number of rotatable bonds is 7. The monoisotopic (exact) mass is 361 g/mol. The number of halogens is 1. The van der Waals surface area contributed by atoms with Crippen molar-refractivity contribution in [1.29, 1.82) is 0 Å². The smallest absolute Gasteiger partial charge is 0.154 e. The number of nitrogens with two attached hydrogens (primary N) is 1. The van der Waals surface area contributed by atoms with E-state index in [4.69, 9.17) is 34.3 Å². The minimum atomic E-state index is -3.30. The molecule has 7 heteroatoms. The van der Waals surface area contributed by atoms with Crippen molar-refractivity contribution in [2.24, 2.45) is 11.1 Å². The zero-order valence-corrected chi connectivity index (χ0v) is 15.0. The molecule has 0 aliphatic heterocycles. The fourth-order valence-corrected chi connectivity index (χ4v) is 5.65. The highest BCUT2D eigenvalue weighted by molar-refractivity contribution is 7.92. The topological polar surface area (TPSA) is 69.4 Å². The fraction of sp³-hybridized carbons (Fsp3) is 0.533. The van der Waals surface area contributed by atoms with E-state index in [9.17, 15) is 8.42 Å². The summed E-state index contributed by atoms with van der Waals surface area (Å²) in [6, 6.07) is 7.15.